The number of benzene rings is 1. The van der Waals surface area contributed by atoms with Gasteiger partial charge < -0.3 is 10.5 Å². The first kappa shape index (κ1) is 14.4. The van der Waals surface area contributed by atoms with Gasteiger partial charge in [0.15, 0.2) is 0 Å². The number of hydrogen-bond acceptors (Lipinski definition) is 3. The number of methoxy groups -OCH3 is 1. The van der Waals surface area contributed by atoms with Crippen molar-refractivity contribution in [3.63, 3.8) is 0 Å². The molecule has 4 nitrogen and oxygen atoms in total. The molecule has 0 aliphatic heterocycles. The van der Waals surface area contributed by atoms with Crippen LogP contribution in [0.5, 0.6) is 5.75 Å². The lowest BCUT2D eigenvalue weighted by molar-refractivity contribution is 0.414. The Kier molecular flexibility index (Phi) is 3.75. The van der Waals surface area contributed by atoms with Gasteiger partial charge in [0.1, 0.15) is 11.6 Å². The molecule has 0 aliphatic carbocycles. The molecule has 0 fully saturated rings. The van der Waals surface area contributed by atoms with Gasteiger partial charge in [-0.3, -0.25) is 4.68 Å². The molecule has 0 spiro atoms. The van der Waals surface area contributed by atoms with Crippen molar-refractivity contribution in [2.24, 2.45) is 0 Å². The second kappa shape index (κ2) is 5.19. The first-order valence-electron chi connectivity index (χ1n) is 6.79. The molecule has 1 aromatic heterocycles. The van der Waals surface area contributed by atoms with E-state index in [1.165, 1.54) is 5.56 Å². The van der Waals surface area contributed by atoms with E-state index < -0.39 is 0 Å². The van der Waals surface area contributed by atoms with Crippen LogP contribution in [0.4, 0.5) is 5.82 Å². The fraction of sp³-hybridized carbons (Fsp3) is 0.438. The van der Waals surface area contributed by atoms with Gasteiger partial charge in [-0.25, -0.2) is 0 Å². The first-order valence-corrected chi connectivity index (χ1v) is 6.79. The Morgan fingerprint density at radius 3 is 2.25 bits per heavy atom. The maximum Gasteiger partial charge on any atom is 0.149 e. The van der Waals surface area contributed by atoms with Crippen molar-refractivity contribution in [3.8, 4) is 5.75 Å². The summed E-state index contributed by atoms with van der Waals surface area (Å²) >= 11 is 0. The molecule has 20 heavy (non-hydrogen) atoms. The van der Waals surface area contributed by atoms with E-state index in [4.69, 9.17) is 10.5 Å². The minimum absolute atomic E-state index is 0.00627. The number of anilines is 1. The van der Waals surface area contributed by atoms with Crippen molar-refractivity contribution in [2.75, 3.05) is 12.8 Å². The fourth-order valence-corrected chi connectivity index (χ4v) is 2.55. The van der Waals surface area contributed by atoms with Gasteiger partial charge in [-0.15, -0.1) is 0 Å². The van der Waals surface area contributed by atoms with Gasteiger partial charge in [0.25, 0.3) is 0 Å². The van der Waals surface area contributed by atoms with E-state index in [1.54, 1.807) is 7.11 Å². The minimum Gasteiger partial charge on any atom is -0.497 e. The summed E-state index contributed by atoms with van der Waals surface area (Å²) in [5.74, 6) is 1.49. The van der Waals surface area contributed by atoms with Crippen molar-refractivity contribution in [3.05, 3.63) is 41.1 Å². The summed E-state index contributed by atoms with van der Waals surface area (Å²) in [6.07, 6.45) is 0. The van der Waals surface area contributed by atoms with E-state index in [2.05, 4.69) is 32.8 Å². The zero-order chi connectivity index (χ0) is 14.9. The molecule has 1 heterocycles. The highest BCUT2D eigenvalue weighted by Crippen LogP contribution is 2.30. The van der Waals surface area contributed by atoms with E-state index in [1.807, 2.05) is 28.9 Å². The van der Waals surface area contributed by atoms with Crippen LogP contribution < -0.4 is 10.5 Å². The zero-order valence-electron chi connectivity index (χ0n) is 12.9. The van der Waals surface area contributed by atoms with Gasteiger partial charge in [0, 0.05) is 11.3 Å². The van der Waals surface area contributed by atoms with Crippen LogP contribution in [0, 0.1) is 6.92 Å². The molecule has 4 heteroatoms. The van der Waals surface area contributed by atoms with Crippen LogP contribution >= 0.6 is 0 Å². The Hall–Kier alpha value is -1.97. The van der Waals surface area contributed by atoms with Crippen molar-refractivity contribution >= 4 is 5.82 Å². The topological polar surface area (TPSA) is 53.1 Å². The summed E-state index contributed by atoms with van der Waals surface area (Å²) in [7, 11) is 1.67. The lowest BCUT2D eigenvalue weighted by Crippen LogP contribution is -2.14. The molecule has 1 aromatic carbocycles. The molecule has 0 bridgehead atoms. The quantitative estimate of drug-likeness (QED) is 0.934. The molecule has 0 radical (unpaired) electrons. The van der Waals surface area contributed by atoms with E-state index in [0.29, 0.717) is 5.82 Å². The Labute approximate surface area is 120 Å². The van der Waals surface area contributed by atoms with Crippen LogP contribution in [0.25, 0.3) is 0 Å². The second-order valence-electron chi connectivity index (χ2n) is 6.10. The first-order chi connectivity index (χ1) is 9.32. The summed E-state index contributed by atoms with van der Waals surface area (Å²) in [5, 5.41) is 4.48. The highest BCUT2D eigenvalue weighted by atomic mass is 16.5. The highest BCUT2D eigenvalue weighted by molar-refractivity contribution is 5.47. The Morgan fingerprint density at radius 1 is 1.20 bits per heavy atom. The van der Waals surface area contributed by atoms with Crippen LogP contribution in [0.1, 0.15) is 37.6 Å². The Balaban J connectivity index is 2.30. The predicted molar refractivity (Wildman–Crippen MR) is 82.2 cm³/mol. The van der Waals surface area contributed by atoms with E-state index in [-0.39, 0.29) is 5.41 Å². The third-order valence-corrected chi connectivity index (χ3v) is 3.47. The highest BCUT2D eigenvalue weighted by Gasteiger charge is 2.24. The Bertz CT molecular complexity index is 591. The third kappa shape index (κ3) is 2.79. The van der Waals surface area contributed by atoms with Crippen LogP contribution in [0.2, 0.25) is 0 Å². The zero-order valence-corrected chi connectivity index (χ0v) is 12.9. The van der Waals surface area contributed by atoms with Gasteiger partial charge in [-0.1, -0.05) is 32.9 Å². The van der Waals surface area contributed by atoms with Crippen LogP contribution in [-0.2, 0) is 12.0 Å². The fourth-order valence-electron chi connectivity index (χ4n) is 2.55. The lowest BCUT2D eigenvalue weighted by Gasteiger charge is -2.19. The molecular formula is C16H23N3O. The SMILES string of the molecule is COc1ccc(Cn2nc(N)c(C(C)(C)C)c2C)cc1. The lowest BCUT2D eigenvalue weighted by atomic mass is 9.87. The van der Waals surface area contributed by atoms with Crippen molar-refractivity contribution < 1.29 is 4.74 Å². The normalized spacial score (nSPS) is 11.7. The number of nitrogens with zero attached hydrogens (tertiary/aromatic N) is 2. The number of ether oxygens (including phenoxy) is 1. The molecule has 2 aromatic rings. The molecular weight excluding hydrogens is 250 g/mol. The van der Waals surface area contributed by atoms with Crippen molar-refractivity contribution in [2.45, 2.75) is 39.7 Å². The minimum atomic E-state index is 0.00627. The average molecular weight is 273 g/mol. The molecule has 108 valence electrons. The van der Waals surface area contributed by atoms with Gasteiger partial charge in [-0.05, 0) is 30.0 Å². The van der Waals surface area contributed by atoms with E-state index in [9.17, 15) is 0 Å². The largest absolute Gasteiger partial charge is 0.497 e. The van der Waals surface area contributed by atoms with Crippen LogP contribution in [-0.4, -0.2) is 16.9 Å². The molecule has 0 unspecified atom stereocenters. The summed E-state index contributed by atoms with van der Waals surface area (Å²) in [4.78, 5) is 0. The molecule has 2 rings (SSSR count). The standard InChI is InChI=1S/C16H23N3O/c1-11-14(16(2,3)4)15(17)18-19(11)10-12-6-8-13(20-5)9-7-12/h6-9H,10H2,1-5H3,(H2,17,18). The van der Waals surface area contributed by atoms with Crippen LogP contribution in [0.15, 0.2) is 24.3 Å². The van der Waals surface area contributed by atoms with Crippen molar-refractivity contribution in [1.29, 1.82) is 0 Å². The van der Waals surface area contributed by atoms with E-state index >= 15 is 0 Å². The van der Waals surface area contributed by atoms with Crippen LogP contribution in [0.3, 0.4) is 0 Å². The van der Waals surface area contributed by atoms with Gasteiger partial charge in [0.05, 0.1) is 13.7 Å². The predicted octanol–water partition coefficient (Wildman–Crippen LogP) is 3.13. The Morgan fingerprint density at radius 2 is 1.80 bits per heavy atom. The average Bonchev–Trinajstić information content (AvgIpc) is 2.64. The number of nitrogens with two attached hydrogens (primary N) is 1. The summed E-state index contributed by atoms with van der Waals surface area (Å²) < 4.78 is 7.14. The van der Waals surface area contributed by atoms with Gasteiger partial charge >= 0.3 is 0 Å². The monoisotopic (exact) mass is 273 g/mol. The molecule has 0 amide bonds. The number of nitrogen functional groups attached to an aromatic ring is 1. The number of aromatic nitrogens is 2. The second-order valence-corrected chi connectivity index (χ2v) is 6.10. The van der Waals surface area contributed by atoms with E-state index in [0.717, 1.165) is 23.6 Å². The summed E-state index contributed by atoms with van der Waals surface area (Å²) in [6, 6.07) is 8.02. The molecule has 2 N–H and O–H groups in total. The van der Waals surface area contributed by atoms with Gasteiger partial charge in [0.2, 0.25) is 0 Å². The summed E-state index contributed by atoms with van der Waals surface area (Å²) in [5.41, 5.74) is 9.52. The molecule has 0 atom stereocenters. The van der Waals surface area contributed by atoms with Gasteiger partial charge in [-0.2, -0.15) is 5.10 Å². The maximum atomic E-state index is 6.08. The third-order valence-electron chi connectivity index (χ3n) is 3.47. The van der Waals surface area contributed by atoms with Crippen molar-refractivity contribution in [1.82, 2.24) is 9.78 Å². The molecule has 0 saturated carbocycles. The number of hydrogen-bond donors (Lipinski definition) is 1. The maximum absolute atomic E-state index is 6.08. The molecule has 0 aliphatic rings. The smallest absolute Gasteiger partial charge is 0.149 e. The molecule has 0 saturated heterocycles. The summed E-state index contributed by atoms with van der Waals surface area (Å²) in [6.45, 7) is 9.27. The number of rotatable bonds is 3.